The number of hydrogen-bond acceptors (Lipinski definition) is 3. The Morgan fingerprint density at radius 2 is 2.05 bits per heavy atom. The van der Waals surface area contributed by atoms with E-state index in [9.17, 15) is 9.59 Å². The number of rotatable bonds is 4. The van der Waals surface area contributed by atoms with Gasteiger partial charge in [-0.3, -0.25) is 9.59 Å². The summed E-state index contributed by atoms with van der Waals surface area (Å²) in [5.41, 5.74) is 0.0146. The van der Waals surface area contributed by atoms with Crippen molar-refractivity contribution in [2.24, 2.45) is 0 Å². The highest BCUT2D eigenvalue weighted by Gasteiger charge is 2.42. The minimum atomic E-state index is -1.06. The Kier molecular flexibility index (Phi) is 4.85. The van der Waals surface area contributed by atoms with Gasteiger partial charge >= 0.3 is 5.97 Å². The fourth-order valence-electron chi connectivity index (χ4n) is 2.55. The van der Waals surface area contributed by atoms with Gasteiger partial charge in [0.25, 0.3) is 0 Å². The molecule has 0 spiro atoms. The second-order valence-corrected chi connectivity index (χ2v) is 5.67. The molecular weight excluding hydrogens is 294 g/mol. The molecule has 1 aromatic carbocycles. The van der Waals surface area contributed by atoms with Crippen molar-refractivity contribution in [1.82, 2.24) is 5.32 Å². The summed E-state index contributed by atoms with van der Waals surface area (Å²) in [6.07, 6.45) is 1.01. The van der Waals surface area contributed by atoms with Crippen LogP contribution in [0.2, 0.25) is 5.02 Å². The lowest BCUT2D eigenvalue weighted by Gasteiger charge is -2.36. The van der Waals surface area contributed by atoms with Crippen molar-refractivity contribution in [1.29, 1.82) is 0 Å². The van der Waals surface area contributed by atoms with E-state index in [0.717, 1.165) is 5.56 Å². The molecule has 0 saturated carbocycles. The molecule has 2 N–H and O–H groups in total. The summed E-state index contributed by atoms with van der Waals surface area (Å²) in [6.45, 7) is 2.37. The molecule has 1 aliphatic heterocycles. The number of amides is 1. The van der Waals surface area contributed by atoms with Gasteiger partial charge in [0.2, 0.25) is 5.91 Å². The molecule has 2 rings (SSSR count). The van der Waals surface area contributed by atoms with E-state index in [1.807, 2.05) is 6.07 Å². The molecule has 1 saturated heterocycles. The summed E-state index contributed by atoms with van der Waals surface area (Å²) < 4.78 is 5.35. The van der Waals surface area contributed by atoms with Crippen LogP contribution in [0.4, 0.5) is 0 Å². The zero-order valence-electron chi connectivity index (χ0n) is 11.8. The first-order valence-corrected chi connectivity index (χ1v) is 7.21. The predicted molar refractivity (Wildman–Crippen MR) is 78.4 cm³/mol. The highest BCUT2D eigenvalue weighted by atomic mass is 35.5. The van der Waals surface area contributed by atoms with Crippen molar-refractivity contribution < 1.29 is 19.4 Å². The number of carbonyl (C=O) groups is 2. The smallest absolute Gasteiger partial charge is 0.325 e. The molecule has 1 fully saturated rings. The second kappa shape index (κ2) is 6.45. The van der Waals surface area contributed by atoms with Crippen molar-refractivity contribution in [3.05, 3.63) is 34.9 Å². The van der Waals surface area contributed by atoms with Gasteiger partial charge in [0.05, 0.1) is 5.41 Å². The molecule has 1 atom stereocenters. The van der Waals surface area contributed by atoms with Crippen LogP contribution in [0.3, 0.4) is 0 Å². The predicted octanol–water partition coefficient (Wildman–Crippen LogP) is 1.98. The average molecular weight is 312 g/mol. The fourth-order valence-corrected chi connectivity index (χ4v) is 2.74. The Hall–Kier alpha value is -1.59. The number of benzene rings is 1. The summed E-state index contributed by atoms with van der Waals surface area (Å²) in [5, 5.41) is 12.1. The first-order valence-electron chi connectivity index (χ1n) is 6.83. The van der Waals surface area contributed by atoms with E-state index >= 15 is 0 Å². The zero-order chi connectivity index (χ0) is 15.5. The van der Waals surface area contributed by atoms with Gasteiger partial charge in [0, 0.05) is 18.2 Å². The molecular formula is C15H18ClNO4. The molecule has 0 aliphatic carbocycles. The monoisotopic (exact) mass is 311 g/mol. The first kappa shape index (κ1) is 15.8. The number of carbonyl (C=O) groups excluding carboxylic acids is 1. The van der Waals surface area contributed by atoms with E-state index in [1.54, 1.807) is 18.2 Å². The third-order valence-corrected chi connectivity index (χ3v) is 4.11. The number of carboxylic acids is 1. The zero-order valence-corrected chi connectivity index (χ0v) is 12.5. The van der Waals surface area contributed by atoms with Gasteiger partial charge in [-0.2, -0.15) is 0 Å². The van der Waals surface area contributed by atoms with Crippen LogP contribution in [-0.4, -0.2) is 36.2 Å². The third-order valence-electron chi connectivity index (χ3n) is 3.88. The van der Waals surface area contributed by atoms with Crippen molar-refractivity contribution >= 4 is 23.5 Å². The molecule has 6 heteroatoms. The Morgan fingerprint density at radius 1 is 1.38 bits per heavy atom. The molecule has 114 valence electrons. The van der Waals surface area contributed by atoms with Crippen molar-refractivity contribution in [3.63, 3.8) is 0 Å². The molecule has 21 heavy (non-hydrogen) atoms. The van der Waals surface area contributed by atoms with Crippen LogP contribution in [-0.2, 0) is 19.7 Å². The average Bonchev–Trinajstić information content (AvgIpc) is 2.47. The van der Waals surface area contributed by atoms with E-state index in [1.165, 1.54) is 6.92 Å². The molecule has 5 nitrogen and oxygen atoms in total. The number of nitrogens with one attached hydrogen (secondary N) is 1. The van der Waals surface area contributed by atoms with E-state index in [2.05, 4.69) is 5.32 Å². The number of carboxylic acid groups (broad SMARTS) is 1. The summed E-state index contributed by atoms with van der Waals surface area (Å²) in [4.78, 5) is 23.6. The third kappa shape index (κ3) is 3.36. The Labute approximate surface area is 128 Å². The maximum absolute atomic E-state index is 12.7. The van der Waals surface area contributed by atoms with Crippen LogP contribution >= 0.6 is 11.6 Å². The standard InChI is InChI=1S/C15H18ClNO4/c1-10(13(18)19)17-14(20)15(5-7-21-8-6-15)11-3-2-4-12(16)9-11/h2-4,9-10H,5-8H2,1H3,(H,17,20)(H,18,19). The van der Waals surface area contributed by atoms with Gasteiger partial charge < -0.3 is 15.2 Å². The summed E-state index contributed by atoms with van der Waals surface area (Å²) in [7, 11) is 0. The van der Waals surface area contributed by atoms with Crippen LogP contribution < -0.4 is 5.32 Å². The van der Waals surface area contributed by atoms with Gasteiger partial charge in [-0.15, -0.1) is 0 Å². The Balaban J connectivity index is 2.33. The van der Waals surface area contributed by atoms with Gasteiger partial charge in [0.1, 0.15) is 6.04 Å². The van der Waals surface area contributed by atoms with Crippen LogP contribution in [0.1, 0.15) is 25.3 Å². The molecule has 0 aromatic heterocycles. The molecule has 1 unspecified atom stereocenters. The quantitative estimate of drug-likeness (QED) is 0.891. The molecule has 0 radical (unpaired) electrons. The normalized spacial score (nSPS) is 18.8. The summed E-state index contributed by atoms with van der Waals surface area (Å²) >= 11 is 6.03. The topological polar surface area (TPSA) is 75.6 Å². The molecule has 1 aliphatic rings. The Morgan fingerprint density at radius 3 is 2.62 bits per heavy atom. The minimum Gasteiger partial charge on any atom is -0.480 e. The highest BCUT2D eigenvalue weighted by molar-refractivity contribution is 6.30. The maximum Gasteiger partial charge on any atom is 0.325 e. The van der Waals surface area contributed by atoms with Crippen molar-refractivity contribution in [2.45, 2.75) is 31.2 Å². The van der Waals surface area contributed by atoms with Gasteiger partial charge in [-0.1, -0.05) is 23.7 Å². The van der Waals surface area contributed by atoms with Crippen molar-refractivity contribution in [2.75, 3.05) is 13.2 Å². The van der Waals surface area contributed by atoms with Crippen molar-refractivity contribution in [3.8, 4) is 0 Å². The van der Waals surface area contributed by atoms with Gasteiger partial charge in [-0.25, -0.2) is 0 Å². The summed E-state index contributed by atoms with van der Waals surface area (Å²) in [5.74, 6) is -1.35. The minimum absolute atomic E-state index is 0.289. The van der Waals surface area contributed by atoms with Gasteiger partial charge in [0.15, 0.2) is 0 Å². The fraction of sp³-hybridized carbons (Fsp3) is 0.467. The van der Waals surface area contributed by atoms with Crippen LogP contribution in [0.25, 0.3) is 0 Å². The highest BCUT2D eigenvalue weighted by Crippen LogP contribution is 2.36. The number of aliphatic carboxylic acids is 1. The van der Waals surface area contributed by atoms with E-state index in [0.29, 0.717) is 31.1 Å². The number of ether oxygens (including phenoxy) is 1. The number of halogens is 1. The largest absolute Gasteiger partial charge is 0.480 e. The molecule has 1 heterocycles. The van der Waals surface area contributed by atoms with Crippen LogP contribution in [0.5, 0.6) is 0 Å². The Bertz CT molecular complexity index is 540. The lowest BCUT2D eigenvalue weighted by molar-refractivity contribution is -0.143. The second-order valence-electron chi connectivity index (χ2n) is 5.24. The first-order chi connectivity index (χ1) is 9.95. The van der Waals surface area contributed by atoms with E-state index in [-0.39, 0.29) is 5.91 Å². The lowest BCUT2D eigenvalue weighted by Crippen LogP contribution is -2.52. The molecule has 0 bridgehead atoms. The molecule has 1 amide bonds. The van der Waals surface area contributed by atoms with Gasteiger partial charge in [-0.05, 0) is 37.5 Å². The van der Waals surface area contributed by atoms with Crippen LogP contribution in [0.15, 0.2) is 24.3 Å². The van der Waals surface area contributed by atoms with E-state index in [4.69, 9.17) is 21.4 Å². The molecule has 1 aromatic rings. The SMILES string of the molecule is CC(NC(=O)C1(c2cccc(Cl)c2)CCOCC1)C(=O)O. The summed E-state index contributed by atoms with van der Waals surface area (Å²) in [6, 6.07) is 6.22. The van der Waals surface area contributed by atoms with Crippen LogP contribution in [0, 0.1) is 0 Å². The van der Waals surface area contributed by atoms with E-state index < -0.39 is 17.4 Å². The lowest BCUT2D eigenvalue weighted by atomic mass is 9.73. The number of hydrogen-bond donors (Lipinski definition) is 2. The maximum atomic E-state index is 12.7.